The minimum atomic E-state index is -1.98. The zero-order valence-corrected chi connectivity index (χ0v) is 21.7. The lowest BCUT2D eigenvalue weighted by molar-refractivity contribution is -0.300. The van der Waals surface area contributed by atoms with Gasteiger partial charge in [0.2, 0.25) is 0 Å². The summed E-state index contributed by atoms with van der Waals surface area (Å²) in [7, 11) is 0. The molecule has 1 heterocycles. The van der Waals surface area contributed by atoms with E-state index in [2.05, 4.69) is 0 Å². The number of Topliss-reactive ketones (excluding diaryl/α,β-unsaturated/α-hetero) is 1. The van der Waals surface area contributed by atoms with Crippen molar-refractivity contribution in [2.24, 2.45) is 34.5 Å². The molecule has 4 fully saturated rings. The Morgan fingerprint density at radius 2 is 2.03 bits per heavy atom. The fourth-order valence-electron chi connectivity index (χ4n) is 8.55. The standard InChI is InChI=1S/C28H37FO7/c1-6-34-23(33)16(3)24-35-14-22(32)28(36-24)15(2)11-20-19-8-7-17-12-18(30)9-10-25(17,4)27(19,29)21(31)13-26(20,28)5/h9-10,12,15-16,19-21,24,31H,6-8,11,13-14H2,1-5H3/t15-,16?,19+,20+,21+,24?,25+,26+,27+,28+/m1/s1. The average molecular weight is 505 g/mol. The van der Waals surface area contributed by atoms with E-state index in [1.54, 1.807) is 26.8 Å². The summed E-state index contributed by atoms with van der Waals surface area (Å²) in [5.74, 6) is -2.61. The number of allylic oxidation sites excluding steroid dienone is 4. The van der Waals surface area contributed by atoms with Crippen molar-refractivity contribution in [3.63, 3.8) is 0 Å². The lowest BCUT2D eigenvalue weighted by atomic mass is 9.44. The number of carbonyl (C=O) groups is 3. The first-order valence-electron chi connectivity index (χ1n) is 13.2. The van der Waals surface area contributed by atoms with Gasteiger partial charge in [0.25, 0.3) is 0 Å². The van der Waals surface area contributed by atoms with Crippen LogP contribution < -0.4 is 0 Å². The fourth-order valence-corrected chi connectivity index (χ4v) is 8.55. The summed E-state index contributed by atoms with van der Waals surface area (Å²) in [6, 6.07) is 0. The summed E-state index contributed by atoms with van der Waals surface area (Å²) < 4.78 is 34.7. The quantitative estimate of drug-likeness (QED) is 0.588. The van der Waals surface area contributed by atoms with Crippen LogP contribution in [0.15, 0.2) is 23.8 Å². The second kappa shape index (κ2) is 8.30. The van der Waals surface area contributed by atoms with Gasteiger partial charge in [0.05, 0.1) is 12.7 Å². The molecule has 36 heavy (non-hydrogen) atoms. The average Bonchev–Trinajstić information content (AvgIpc) is 3.04. The number of aliphatic hydroxyl groups excluding tert-OH is 1. The molecule has 5 aliphatic rings. The molecule has 1 saturated heterocycles. The first-order chi connectivity index (χ1) is 16.9. The highest BCUT2D eigenvalue weighted by molar-refractivity contribution is 6.01. The predicted molar refractivity (Wildman–Crippen MR) is 127 cm³/mol. The molecule has 7 nitrogen and oxygen atoms in total. The summed E-state index contributed by atoms with van der Waals surface area (Å²) in [4.78, 5) is 38.1. The first-order valence-corrected chi connectivity index (χ1v) is 13.2. The van der Waals surface area contributed by atoms with E-state index in [4.69, 9.17) is 14.2 Å². The molecule has 0 amide bonds. The molecule has 3 saturated carbocycles. The number of hydrogen-bond acceptors (Lipinski definition) is 7. The van der Waals surface area contributed by atoms with Gasteiger partial charge in [-0.2, -0.15) is 0 Å². The zero-order valence-electron chi connectivity index (χ0n) is 21.7. The molecular weight excluding hydrogens is 467 g/mol. The molecule has 0 aromatic heterocycles. The molecule has 1 spiro atoms. The molecule has 0 radical (unpaired) electrons. The molecule has 4 aliphatic carbocycles. The molecular formula is C28H37FO7. The van der Waals surface area contributed by atoms with Gasteiger partial charge in [-0.25, -0.2) is 4.39 Å². The topological polar surface area (TPSA) is 99.1 Å². The van der Waals surface area contributed by atoms with Crippen LogP contribution in [0.5, 0.6) is 0 Å². The molecule has 0 aromatic carbocycles. The Morgan fingerprint density at radius 1 is 1.31 bits per heavy atom. The number of aliphatic hydroxyl groups is 1. The molecule has 0 bridgehead atoms. The number of fused-ring (bicyclic) bond motifs is 6. The van der Waals surface area contributed by atoms with Crippen LogP contribution in [0.2, 0.25) is 0 Å². The first kappa shape index (κ1) is 25.7. The van der Waals surface area contributed by atoms with E-state index in [0.717, 1.165) is 5.57 Å². The van der Waals surface area contributed by atoms with E-state index in [-0.39, 0.29) is 43.0 Å². The Hall–Kier alpha value is -1.90. The molecule has 198 valence electrons. The smallest absolute Gasteiger partial charge is 0.313 e. The van der Waals surface area contributed by atoms with Crippen LogP contribution in [0.1, 0.15) is 60.3 Å². The number of esters is 1. The Bertz CT molecular complexity index is 1050. The lowest BCUT2D eigenvalue weighted by Crippen LogP contribution is -2.71. The van der Waals surface area contributed by atoms with Crippen LogP contribution in [-0.4, -0.2) is 59.5 Å². The van der Waals surface area contributed by atoms with Crippen molar-refractivity contribution in [1.82, 2.24) is 0 Å². The number of halogens is 1. The normalized spacial score (nSPS) is 48.6. The van der Waals surface area contributed by atoms with E-state index in [1.807, 2.05) is 13.8 Å². The Balaban J connectivity index is 1.54. The zero-order chi connectivity index (χ0) is 26.3. The van der Waals surface area contributed by atoms with Gasteiger partial charge in [-0.3, -0.25) is 14.4 Å². The van der Waals surface area contributed by atoms with E-state index >= 15 is 4.39 Å². The maximum absolute atomic E-state index is 17.4. The van der Waals surface area contributed by atoms with Crippen LogP contribution >= 0.6 is 0 Å². The third-order valence-electron chi connectivity index (χ3n) is 10.3. The SMILES string of the molecule is CCOC(=O)C(C)C1OCC(=O)[C@@]2(O1)[C@H](C)C[C@H]1[C@@H]3CCC4=CC(=O)C=C[C@]4(C)[C@@]3(F)[C@@H](O)C[C@@]12C. The van der Waals surface area contributed by atoms with Crippen molar-refractivity contribution in [2.75, 3.05) is 13.2 Å². The highest BCUT2D eigenvalue weighted by Crippen LogP contribution is 2.71. The number of ether oxygens (including phenoxy) is 3. The van der Waals surface area contributed by atoms with Crippen molar-refractivity contribution < 1.29 is 38.1 Å². The van der Waals surface area contributed by atoms with Gasteiger partial charge in [0, 0.05) is 16.7 Å². The van der Waals surface area contributed by atoms with Gasteiger partial charge in [-0.1, -0.05) is 25.5 Å². The summed E-state index contributed by atoms with van der Waals surface area (Å²) in [6.45, 7) is 9.04. The molecule has 1 N–H and O–H groups in total. The molecule has 5 rings (SSSR count). The number of ketones is 2. The van der Waals surface area contributed by atoms with E-state index in [0.29, 0.717) is 19.3 Å². The van der Waals surface area contributed by atoms with Gasteiger partial charge >= 0.3 is 5.97 Å². The maximum atomic E-state index is 17.4. The lowest BCUT2D eigenvalue weighted by Gasteiger charge is -2.63. The van der Waals surface area contributed by atoms with Crippen molar-refractivity contribution in [1.29, 1.82) is 0 Å². The summed E-state index contributed by atoms with van der Waals surface area (Å²) in [5, 5.41) is 11.6. The third-order valence-corrected chi connectivity index (χ3v) is 10.3. The van der Waals surface area contributed by atoms with Gasteiger partial charge in [-0.15, -0.1) is 0 Å². The van der Waals surface area contributed by atoms with Crippen LogP contribution in [-0.2, 0) is 28.6 Å². The number of rotatable bonds is 3. The molecule has 2 unspecified atom stereocenters. The molecule has 0 aromatic rings. The minimum absolute atomic E-state index is 0.0336. The highest BCUT2D eigenvalue weighted by atomic mass is 19.1. The van der Waals surface area contributed by atoms with Crippen LogP contribution in [0.3, 0.4) is 0 Å². The highest BCUT2D eigenvalue weighted by Gasteiger charge is 2.77. The van der Waals surface area contributed by atoms with E-state index in [9.17, 15) is 19.5 Å². The Labute approximate surface area is 211 Å². The summed E-state index contributed by atoms with van der Waals surface area (Å²) in [6.07, 6.45) is 3.84. The monoisotopic (exact) mass is 504 g/mol. The second-order valence-corrected chi connectivity index (χ2v) is 11.9. The van der Waals surface area contributed by atoms with Crippen LogP contribution in [0, 0.1) is 34.5 Å². The summed E-state index contributed by atoms with van der Waals surface area (Å²) in [5.41, 5.74) is -4.51. The van der Waals surface area contributed by atoms with Crippen molar-refractivity contribution in [3.05, 3.63) is 23.8 Å². The van der Waals surface area contributed by atoms with E-state index < -0.39 is 52.3 Å². The number of carbonyl (C=O) groups excluding carboxylic acids is 3. The molecule has 1 aliphatic heterocycles. The fraction of sp³-hybridized carbons (Fsp3) is 0.750. The van der Waals surface area contributed by atoms with Gasteiger partial charge in [0.15, 0.2) is 23.5 Å². The van der Waals surface area contributed by atoms with Gasteiger partial charge in [-0.05, 0) is 70.4 Å². The number of hydrogen-bond donors (Lipinski definition) is 1. The molecule has 8 heteroatoms. The predicted octanol–water partition coefficient (Wildman–Crippen LogP) is 3.48. The third kappa shape index (κ3) is 3.04. The van der Waals surface area contributed by atoms with Gasteiger partial charge in [0.1, 0.15) is 18.1 Å². The second-order valence-electron chi connectivity index (χ2n) is 11.9. The van der Waals surface area contributed by atoms with Gasteiger partial charge < -0.3 is 19.3 Å². The Kier molecular flexibility index (Phi) is 5.93. The van der Waals surface area contributed by atoms with Crippen molar-refractivity contribution in [2.45, 2.75) is 84.0 Å². The number of alkyl halides is 1. The van der Waals surface area contributed by atoms with Crippen molar-refractivity contribution in [3.8, 4) is 0 Å². The van der Waals surface area contributed by atoms with E-state index in [1.165, 1.54) is 12.2 Å². The largest absolute Gasteiger partial charge is 0.466 e. The maximum Gasteiger partial charge on any atom is 0.313 e. The summed E-state index contributed by atoms with van der Waals surface area (Å²) >= 11 is 0. The Morgan fingerprint density at radius 3 is 2.72 bits per heavy atom. The molecule has 10 atom stereocenters. The van der Waals surface area contributed by atoms with Crippen molar-refractivity contribution >= 4 is 17.5 Å². The van der Waals surface area contributed by atoms with Crippen LogP contribution in [0.25, 0.3) is 0 Å². The van der Waals surface area contributed by atoms with Crippen LogP contribution in [0.4, 0.5) is 4.39 Å². The minimum Gasteiger partial charge on any atom is -0.466 e.